The van der Waals surface area contributed by atoms with Gasteiger partial charge in [0, 0.05) is 16.8 Å². The summed E-state index contributed by atoms with van der Waals surface area (Å²) in [6.07, 6.45) is 10.7. The SMILES string of the molecule is CC(C)CCC[C@@H](C)[C@H]1CC[C@H]2[C@@H]3C(=O)[C@@H](I)[C@]4(CI)C(=O)CC[C@]4(C)[C@H]3CC[C@]12C. The van der Waals surface area contributed by atoms with E-state index >= 15 is 0 Å². The molecule has 31 heavy (non-hydrogen) atoms. The van der Waals surface area contributed by atoms with Crippen molar-refractivity contribution >= 4 is 56.7 Å². The second kappa shape index (κ2) is 8.78. The van der Waals surface area contributed by atoms with E-state index in [4.69, 9.17) is 0 Å². The Morgan fingerprint density at radius 1 is 1.00 bits per heavy atom. The summed E-state index contributed by atoms with van der Waals surface area (Å²) >= 11 is 4.81. The van der Waals surface area contributed by atoms with Gasteiger partial charge in [-0.15, -0.1) is 0 Å². The zero-order chi connectivity index (χ0) is 22.8. The van der Waals surface area contributed by atoms with Gasteiger partial charge in [0.1, 0.15) is 11.6 Å². The highest BCUT2D eigenvalue weighted by Gasteiger charge is 2.72. The molecule has 0 saturated heterocycles. The van der Waals surface area contributed by atoms with Crippen molar-refractivity contribution < 1.29 is 9.59 Å². The highest BCUT2D eigenvalue weighted by molar-refractivity contribution is 14.1. The lowest BCUT2D eigenvalue weighted by Gasteiger charge is -2.61. The molecular weight excluding hydrogens is 610 g/mol. The minimum Gasteiger partial charge on any atom is -0.299 e. The van der Waals surface area contributed by atoms with Crippen LogP contribution in [0, 0.1) is 51.8 Å². The molecule has 0 heterocycles. The Kier molecular flexibility index (Phi) is 7.06. The summed E-state index contributed by atoms with van der Waals surface area (Å²) in [6.45, 7) is 12.1. The maximum Gasteiger partial charge on any atom is 0.150 e. The van der Waals surface area contributed by atoms with Crippen LogP contribution in [0.5, 0.6) is 0 Å². The molecule has 0 aromatic carbocycles. The quantitative estimate of drug-likeness (QED) is 0.218. The molecule has 0 spiro atoms. The Hall–Kier alpha value is 0.800. The first-order valence-corrected chi connectivity index (χ1v) is 15.6. The molecule has 0 N–H and O–H groups in total. The van der Waals surface area contributed by atoms with Crippen LogP contribution in [0.4, 0.5) is 0 Å². The lowest BCUT2D eigenvalue weighted by Crippen LogP contribution is -2.65. The number of hydrogen-bond donors (Lipinski definition) is 0. The van der Waals surface area contributed by atoms with E-state index in [1.807, 2.05) is 0 Å². The molecular formula is C27H42I2O2. The lowest BCUT2D eigenvalue weighted by molar-refractivity contribution is -0.161. The average molecular weight is 652 g/mol. The van der Waals surface area contributed by atoms with E-state index < -0.39 is 5.41 Å². The molecule has 4 aliphatic carbocycles. The third kappa shape index (κ3) is 3.47. The van der Waals surface area contributed by atoms with Crippen LogP contribution in [0.15, 0.2) is 0 Å². The number of alkyl halides is 2. The van der Waals surface area contributed by atoms with Crippen LogP contribution >= 0.6 is 45.2 Å². The third-order valence-electron chi connectivity index (χ3n) is 10.9. The summed E-state index contributed by atoms with van der Waals surface area (Å²) in [6, 6.07) is 0. The van der Waals surface area contributed by atoms with Crippen LogP contribution in [0.2, 0.25) is 0 Å². The Morgan fingerprint density at radius 3 is 2.35 bits per heavy atom. The number of rotatable bonds is 6. The number of hydrogen-bond acceptors (Lipinski definition) is 2. The number of halogens is 2. The van der Waals surface area contributed by atoms with Crippen molar-refractivity contribution in [3.63, 3.8) is 0 Å². The molecule has 0 bridgehead atoms. The van der Waals surface area contributed by atoms with Crippen molar-refractivity contribution in [2.75, 3.05) is 4.43 Å². The molecule has 9 atom stereocenters. The molecule has 4 heteroatoms. The standard InChI is InChI=1S/C27H42I2O2/c1-16(2)7-6-8-17(3)18-9-10-19-22-20(11-13-25(18,19)4)26(5)14-12-21(30)27(26,15-28)24(29)23(22)31/h16-20,22,24H,6-15H2,1-5H3/t17-,18-,19+,20+,22+,24-,25-,26-,27+/m1/s1. The van der Waals surface area contributed by atoms with Gasteiger partial charge < -0.3 is 0 Å². The fraction of sp³-hybridized carbons (Fsp3) is 0.926. The molecule has 0 aromatic rings. The van der Waals surface area contributed by atoms with Crippen LogP contribution in [0.25, 0.3) is 0 Å². The minimum atomic E-state index is -0.414. The molecule has 0 radical (unpaired) electrons. The average Bonchev–Trinajstić information content (AvgIpc) is 3.20. The second-order valence-electron chi connectivity index (χ2n) is 12.5. The highest BCUT2D eigenvalue weighted by Crippen LogP contribution is 2.72. The highest BCUT2D eigenvalue weighted by atomic mass is 127. The predicted molar refractivity (Wildman–Crippen MR) is 145 cm³/mol. The van der Waals surface area contributed by atoms with E-state index in [0.29, 0.717) is 35.2 Å². The first-order valence-electron chi connectivity index (χ1n) is 12.8. The Labute approximate surface area is 217 Å². The Bertz CT molecular complexity index is 735. The van der Waals surface area contributed by atoms with Crippen molar-refractivity contribution in [2.24, 2.45) is 51.8 Å². The third-order valence-corrected chi connectivity index (χ3v) is 13.8. The van der Waals surface area contributed by atoms with E-state index in [2.05, 4.69) is 79.8 Å². The fourth-order valence-corrected chi connectivity index (χ4v) is 13.3. The summed E-state index contributed by atoms with van der Waals surface area (Å²) in [7, 11) is 0. The van der Waals surface area contributed by atoms with E-state index in [-0.39, 0.29) is 15.3 Å². The summed E-state index contributed by atoms with van der Waals surface area (Å²) in [4.78, 5) is 27.2. The van der Waals surface area contributed by atoms with Gasteiger partial charge in [-0.05, 0) is 72.5 Å². The van der Waals surface area contributed by atoms with Crippen molar-refractivity contribution in [1.29, 1.82) is 0 Å². The zero-order valence-electron chi connectivity index (χ0n) is 20.2. The maximum atomic E-state index is 14.0. The van der Waals surface area contributed by atoms with E-state index in [9.17, 15) is 9.59 Å². The number of carbonyl (C=O) groups is 2. The topological polar surface area (TPSA) is 34.1 Å². The zero-order valence-corrected chi connectivity index (χ0v) is 24.5. The molecule has 4 aliphatic rings. The molecule has 0 aliphatic heterocycles. The lowest BCUT2D eigenvalue weighted by atomic mass is 9.43. The second-order valence-corrected chi connectivity index (χ2v) is 14.5. The molecule has 0 unspecified atom stereocenters. The van der Waals surface area contributed by atoms with Gasteiger partial charge in [-0.25, -0.2) is 0 Å². The van der Waals surface area contributed by atoms with Gasteiger partial charge in [0.05, 0.1) is 9.34 Å². The first kappa shape index (κ1) is 24.9. The van der Waals surface area contributed by atoms with Crippen molar-refractivity contribution in [2.45, 2.75) is 96.3 Å². The molecule has 4 fully saturated rings. The predicted octanol–water partition coefficient (Wildman–Crippen LogP) is 7.68. The Balaban J connectivity index is 1.61. The van der Waals surface area contributed by atoms with E-state index in [0.717, 1.165) is 35.0 Å². The molecule has 0 aromatic heterocycles. The number of carbonyl (C=O) groups excluding carboxylic acids is 2. The van der Waals surface area contributed by atoms with Gasteiger partial charge in [0.2, 0.25) is 0 Å². The normalized spacial score (nSPS) is 47.9. The smallest absolute Gasteiger partial charge is 0.150 e. The first-order chi connectivity index (χ1) is 14.5. The largest absolute Gasteiger partial charge is 0.299 e. The number of Topliss-reactive ketones (excluding diaryl/α,β-unsaturated/α-hetero) is 2. The van der Waals surface area contributed by atoms with Crippen LogP contribution in [0.1, 0.15) is 92.4 Å². The minimum absolute atomic E-state index is 0.0119. The summed E-state index contributed by atoms with van der Waals surface area (Å²) in [5.74, 6) is 4.29. The van der Waals surface area contributed by atoms with Crippen LogP contribution in [-0.2, 0) is 9.59 Å². The van der Waals surface area contributed by atoms with Gasteiger partial charge in [-0.2, -0.15) is 0 Å². The molecule has 4 saturated carbocycles. The van der Waals surface area contributed by atoms with Crippen LogP contribution in [-0.4, -0.2) is 19.9 Å². The fourth-order valence-electron chi connectivity index (χ4n) is 9.07. The van der Waals surface area contributed by atoms with Gasteiger partial charge in [-0.3, -0.25) is 9.59 Å². The summed E-state index contributed by atoms with van der Waals surface area (Å²) in [5.41, 5.74) is -0.0893. The Morgan fingerprint density at radius 2 is 1.71 bits per heavy atom. The molecule has 4 rings (SSSR count). The van der Waals surface area contributed by atoms with Crippen LogP contribution < -0.4 is 0 Å². The van der Waals surface area contributed by atoms with Crippen molar-refractivity contribution in [3.8, 4) is 0 Å². The van der Waals surface area contributed by atoms with Crippen LogP contribution in [0.3, 0.4) is 0 Å². The summed E-state index contributed by atoms with van der Waals surface area (Å²) < 4.78 is 0.674. The van der Waals surface area contributed by atoms with Crippen molar-refractivity contribution in [3.05, 3.63) is 0 Å². The van der Waals surface area contributed by atoms with E-state index in [1.165, 1.54) is 38.5 Å². The summed E-state index contributed by atoms with van der Waals surface area (Å²) in [5, 5.41) is 0. The molecule has 0 amide bonds. The number of ketones is 2. The van der Waals surface area contributed by atoms with Gasteiger partial charge in [0.15, 0.2) is 0 Å². The number of fused-ring (bicyclic) bond motifs is 5. The van der Waals surface area contributed by atoms with Gasteiger partial charge >= 0.3 is 0 Å². The van der Waals surface area contributed by atoms with Gasteiger partial charge in [0.25, 0.3) is 0 Å². The van der Waals surface area contributed by atoms with E-state index in [1.54, 1.807) is 0 Å². The maximum absolute atomic E-state index is 14.0. The molecule has 176 valence electrons. The molecule has 2 nitrogen and oxygen atoms in total. The van der Waals surface area contributed by atoms with Crippen molar-refractivity contribution in [1.82, 2.24) is 0 Å². The van der Waals surface area contributed by atoms with Gasteiger partial charge in [-0.1, -0.05) is 99.1 Å². The monoisotopic (exact) mass is 652 g/mol.